The first-order valence-corrected chi connectivity index (χ1v) is 8.12. The van der Waals surface area contributed by atoms with Gasteiger partial charge in [-0.1, -0.05) is 18.6 Å². The van der Waals surface area contributed by atoms with E-state index in [0.29, 0.717) is 6.42 Å². The third-order valence-electron chi connectivity index (χ3n) is 4.34. The summed E-state index contributed by atoms with van der Waals surface area (Å²) in [6.07, 6.45) is 7.25. The van der Waals surface area contributed by atoms with Crippen LogP contribution in [-0.4, -0.2) is 24.1 Å². The minimum Gasteiger partial charge on any atom is -0.484 e. The van der Waals surface area contributed by atoms with Crippen LogP contribution in [0.4, 0.5) is 4.39 Å². The number of ether oxygens (including phenoxy) is 1. The molecule has 1 aliphatic carbocycles. The molecule has 4 nitrogen and oxygen atoms in total. The number of benzene rings is 1. The van der Waals surface area contributed by atoms with Crippen molar-refractivity contribution in [3.8, 4) is 0 Å². The smallest absolute Gasteiger partial charge is 0.224 e. The molecule has 1 heterocycles. The minimum absolute atomic E-state index is 0.0579. The van der Waals surface area contributed by atoms with Crippen molar-refractivity contribution in [1.82, 2.24) is 0 Å². The maximum absolute atomic E-state index is 13.3. The van der Waals surface area contributed by atoms with E-state index in [0.717, 1.165) is 31.2 Å². The van der Waals surface area contributed by atoms with Crippen LogP contribution < -0.4 is 5.73 Å². The lowest BCUT2D eigenvalue weighted by Crippen LogP contribution is -2.33. The van der Waals surface area contributed by atoms with Gasteiger partial charge in [0.15, 0.2) is 5.76 Å². The van der Waals surface area contributed by atoms with Gasteiger partial charge in [-0.2, -0.15) is 0 Å². The summed E-state index contributed by atoms with van der Waals surface area (Å²) in [6, 6.07) is 5.63. The minimum atomic E-state index is -0.595. The predicted molar refractivity (Wildman–Crippen MR) is 86.6 cm³/mol. The summed E-state index contributed by atoms with van der Waals surface area (Å²) < 4.78 is 19.2. The lowest BCUT2D eigenvalue weighted by atomic mass is 9.96. The largest absolute Gasteiger partial charge is 0.484 e. The van der Waals surface area contributed by atoms with Gasteiger partial charge in [0.05, 0.1) is 11.8 Å². The Hall–Kier alpha value is -2.17. The third kappa shape index (κ3) is 3.78. The Morgan fingerprint density at radius 2 is 2.04 bits per heavy atom. The Morgan fingerprint density at radius 1 is 1.26 bits per heavy atom. The Kier molecular flexibility index (Phi) is 4.74. The molecule has 5 heteroatoms. The highest BCUT2D eigenvalue weighted by molar-refractivity contribution is 6.06. The fourth-order valence-electron chi connectivity index (χ4n) is 3.10. The number of hydrogen-bond donors (Lipinski definition) is 1. The van der Waals surface area contributed by atoms with E-state index < -0.39 is 6.04 Å². The standard InChI is InChI=1S/C18H21FN2O2/c19-13-6-4-5-12(9-13)10-16-17(22)18(15(20)11-21-16)23-14-7-2-1-3-8-14/h4-6,9,11,14,16H,1-3,7-8,10,20H2. The van der Waals surface area contributed by atoms with Crippen molar-refractivity contribution in [3.05, 3.63) is 47.1 Å². The number of Topliss-reactive ketones (excluding diaryl/α,β-unsaturated/α-hetero) is 1. The number of carbonyl (C=O) groups is 1. The van der Waals surface area contributed by atoms with Gasteiger partial charge in [0.25, 0.3) is 0 Å². The molecule has 1 atom stereocenters. The fraction of sp³-hybridized carbons (Fsp3) is 0.444. The third-order valence-corrected chi connectivity index (χ3v) is 4.34. The van der Waals surface area contributed by atoms with E-state index in [1.165, 1.54) is 24.8 Å². The SMILES string of the molecule is NC1=C(OC2CCCCC2)C(=O)C(Cc2cccc(F)c2)N=C1. The zero-order chi connectivity index (χ0) is 16.2. The summed E-state index contributed by atoms with van der Waals surface area (Å²) >= 11 is 0. The molecule has 0 bridgehead atoms. The van der Waals surface area contributed by atoms with Crippen molar-refractivity contribution in [2.75, 3.05) is 0 Å². The second kappa shape index (κ2) is 6.94. The number of nitrogens with two attached hydrogens (primary N) is 1. The molecule has 1 saturated carbocycles. The van der Waals surface area contributed by atoms with Gasteiger partial charge in [-0.3, -0.25) is 9.79 Å². The molecule has 2 N–H and O–H groups in total. The summed E-state index contributed by atoms with van der Waals surface area (Å²) in [5.41, 5.74) is 6.91. The molecule has 1 aromatic rings. The summed E-state index contributed by atoms with van der Waals surface area (Å²) in [4.78, 5) is 16.8. The molecule has 1 aliphatic heterocycles. The molecule has 122 valence electrons. The Morgan fingerprint density at radius 3 is 2.78 bits per heavy atom. The summed E-state index contributed by atoms with van der Waals surface area (Å²) in [5, 5.41) is 0. The zero-order valence-corrected chi connectivity index (χ0v) is 13.0. The summed E-state index contributed by atoms with van der Waals surface area (Å²) in [6.45, 7) is 0. The van der Waals surface area contributed by atoms with E-state index >= 15 is 0 Å². The van der Waals surface area contributed by atoms with Gasteiger partial charge < -0.3 is 10.5 Å². The topological polar surface area (TPSA) is 64.7 Å². The number of aliphatic imine (C=N–C) groups is 1. The molecule has 3 rings (SSSR count). The van der Waals surface area contributed by atoms with Crippen LogP contribution in [0.1, 0.15) is 37.7 Å². The van der Waals surface area contributed by atoms with Crippen LogP contribution in [0.25, 0.3) is 0 Å². The van der Waals surface area contributed by atoms with E-state index in [4.69, 9.17) is 10.5 Å². The van der Waals surface area contributed by atoms with Gasteiger partial charge >= 0.3 is 0 Å². The lowest BCUT2D eigenvalue weighted by molar-refractivity contribution is -0.121. The highest BCUT2D eigenvalue weighted by Crippen LogP contribution is 2.25. The molecule has 2 aliphatic rings. The van der Waals surface area contributed by atoms with Crippen molar-refractivity contribution in [3.63, 3.8) is 0 Å². The molecule has 0 spiro atoms. The van der Waals surface area contributed by atoms with Gasteiger partial charge in [0.1, 0.15) is 11.9 Å². The van der Waals surface area contributed by atoms with E-state index in [1.54, 1.807) is 12.1 Å². The Balaban J connectivity index is 1.71. The molecule has 0 radical (unpaired) electrons. The van der Waals surface area contributed by atoms with Gasteiger partial charge in [-0.25, -0.2) is 4.39 Å². The first kappa shape index (κ1) is 15.7. The first-order valence-electron chi connectivity index (χ1n) is 8.12. The van der Waals surface area contributed by atoms with Gasteiger partial charge in [0, 0.05) is 12.6 Å². The van der Waals surface area contributed by atoms with Crippen LogP contribution in [0.5, 0.6) is 0 Å². The molecule has 1 fully saturated rings. The molecule has 0 amide bonds. The van der Waals surface area contributed by atoms with E-state index in [-0.39, 0.29) is 29.2 Å². The highest BCUT2D eigenvalue weighted by atomic mass is 19.1. The van der Waals surface area contributed by atoms with E-state index in [2.05, 4.69) is 4.99 Å². The van der Waals surface area contributed by atoms with Gasteiger partial charge in [-0.15, -0.1) is 0 Å². The molecular formula is C18H21FN2O2. The lowest BCUT2D eigenvalue weighted by Gasteiger charge is -2.27. The van der Waals surface area contributed by atoms with Crippen LogP contribution in [0, 0.1) is 5.82 Å². The normalized spacial score (nSPS) is 22.5. The number of carbonyl (C=O) groups excluding carboxylic acids is 1. The van der Waals surface area contributed by atoms with Gasteiger partial charge in [0.2, 0.25) is 5.78 Å². The fourth-order valence-corrected chi connectivity index (χ4v) is 3.10. The quantitative estimate of drug-likeness (QED) is 0.929. The zero-order valence-electron chi connectivity index (χ0n) is 13.0. The maximum atomic E-state index is 13.3. The highest BCUT2D eigenvalue weighted by Gasteiger charge is 2.30. The number of ketones is 1. The number of rotatable bonds is 4. The van der Waals surface area contributed by atoms with E-state index in [9.17, 15) is 9.18 Å². The maximum Gasteiger partial charge on any atom is 0.224 e. The average molecular weight is 316 g/mol. The van der Waals surface area contributed by atoms with Crippen molar-refractivity contribution in [2.45, 2.75) is 50.7 Å². The molecule has 23 heavy (non-hydrogen) atoms. The molecule has 0 aromatic heterocycles. The predicted octanol–water partition coefficient (Wildman–Crippen LogP) is 2.91. The van der Waals surface area contributed by atoms with Crippen LogP contribution >= 0.6 is 0 Å². The van der Waals surface area contributed by atoms with Crippen LogP contribution in [0.15, 0.2) is 40.7 Å². The number of halogens is 1. The molecular weight excluding hydrogens is 295 g/mol. The van der Waals surface area contributed by atoms with Crippen LogP contribution in [0.2, 0.25) is 0 Å². The average Bonchev–Trinajstić information content (AvgIpc) is 2.55. The van der Waals surface area contributed by atoms with Crippen molar-refractivity contribution in [1.29, 1.82) is 0 Å². The Bertz CT molecular complexity index is 648. The van der Waals surface area contributed by atoms with E-state index in [1.807, 2.05) is 0 Å². The summed E-state index contributed by atoms with van der Waals surface area (Å²) in [5.74, 6) is -0.295. The number of hydrogen-bond acceptors (Lipinski definition) is 4. The molecule has 0 saturated heterocycles. The van der Waals surface area contributed by atoms with Crippen molar-refractivity contribution < 1.29 is 13.9 Å². The monoisotopic (exact) mass is 316 g/mol. The Labute approximate surface area is 135 Å². The van der Waals surface area contributed by atoms with Crippen LogP contribution in [-0.2, 0) is 16.0 Å². The van der Waals surface area contributed by atoms with Crippen LogP contribution in [0.3, 0.4) is 0 Å². The summed E-state index contributed by atoms with van der Waals surface area (Å²) in [7, 11) is 0. The first-order chi connectivity index (χ1) is 11.1. The van der Waals surface area contributed by atoms with Crippen molar-refractivity contribution >= 4 is 12.0 Å². The second-order valence-electron chi connectivity index (χ2n) is 6.15. The number of dihydropyridines is 1. The number of allylic oxidation sites excluding steroid dienone is 1. The molecule has 1 unspecified atom stereocenters. The second-order valence-corrected chi connectivity index (χ2v) is 6.15. The molecule has 1 aromatic carbocycles. The number of nitrogens with zero attached hydrogens (tertiary/aromatic N) is 1. The van der Waals surface area contributed by atoms with Gasteiger partial charge in [-0.05, 0) is 43.4 Å². The van der Waals surface area contributed by atoms with Crippen molar-refractivity contribution in [2.24, 2.45) is 10.7 Å².